The van der Waals surface area contributed by atoms with E-state index in [1.54, 1.807) is 24.3 Å². The number of aromatic hydroxyl groups is 1. The molecule has 2 aliphatic rings. The van der Waals surface area contributed by atoms with Crippen LogP contribution < -0.4 is 4.74 Å². The lowest BCUT2D eigenvalue weighted by Crippen LogP contribution is -2.54. The van der Waals surface area contributed by atoms with Crippen molar-refractivity contribution in [1.29, 1.82) is 0 Å². The standard InChI is InChI=1S/C18H16BrCl2NO4/c1-4-9-5-6-17(20)15(24)22(2)16(25)18(17,21)13(9)10-7-11(19)14(23)12(8-10)26-3/h4-5,7-8,13,23H,1,6H2,2-3H3. The minimum atomic E-state index is -1.72. The van der Waals surface area contributed by atoms with E-state index in [4.69, 9.17) is 27.9 Å². The van der Waals surface area contributed by atoms with Gasteiger partial charge >= 0.3 is 0 Å². The molecule has 0 saturated carbocycles. The summed E-state index contributed by atoms with van der Waals surface area (Å²) in [6, 6.07) is 3.20. The first-order valence-electron chi connectivity index (χ1n) is 7.72. The van der Waals surface area contributed by atoms with Crippen molar-refractivity contribution >= 4 is 50.9 Å². The third-order valence-corrected chi connectivity index (χ3v) is 7.04. The lowest BCUT2D eigenvalue weighted by molar-refractivity contribution is -0.137. The molecule has 3 atom stereocenters. The maximum atomic E-state index is 13.0. The summed E-state index contributed by atoms with van der Waals surface area (Å²) in [5, 5.41) is 10.1. The average molecular weight is 461 g/mol. The van der Waals surface area contributed by atoms with Gasteiger partial charge in [-0.15, -0.1) is 23.2 Å². The van der Waals surface area contributed by atoms with E-state index in [-0.39, 0.29) is 17.9 Å². The SMILES string of the molecule is C=CC1=CCC2(Cl)C(=O)N(C)C(=O)C2(Cl)C1c1cc(Br)c(O)c(OC)c1. The number of benzene rings is 1. The minimum absolute atomic E-state index is 0.0807. The maximum Gasteiger partial charge on any atom is 0.253 e. The number of carbonyl (C=O) groups excluding carboxylic acids is 2. The second-order valence-electron chi connectivity index (χ2n) is 6.28. The Labute approximate surface area is 169 Å². The Kier molecular flexibility index (Phi) is 4.66. The van der Waals surface area contributed by atoms with Gasteiger partial charge in [0.25, 0.3) is 11.8 Å². The number of carbonyl (C=O) groups is 2. The number of nitrogens with zero attached hydrogens (tertiary/aromatic N) is 1. The number of allylic oxidation sites excluding steroid dienone is 3. The fraction of sp³-hybridized carbons (Fsp3) is 0.333. The van der Waals surface area contributed by atoms with Gasteiger partial charge in [-0.3, -0.25) is 14.5 Å². The third kappa shape index (κ3) is 2.28. The van der Waals surface area contributed by atoms with E-state index >= 15 is 0 Å². The van der Waals surface area contributed by atoms with Gasteiger partial charge in [-0.05, 0) is 45.6 Å². The van der Waals surface area contributed by atoms with Gasteiger partial charge in [-0.1, -0.05) is 18.7 Å². The summed E-state index contributed by atoms with van der Waals surface area (Å²) in [6.45, 7) is 3.80. The van der Waals surface area contributed by atoms with Gasteiger partial charge in [0.2, 0.25) is 0 Å². The van der Waals surface area contributed by atoms with Crippen LogP contribution in [-0.4, -0.2) is 45.7 Å². The number of imide groups is 1. The first-order chi connectivity index (χ1) is 12.1. The fourth-order valence-corrected chi connectivity index (χ4v) is 5.05. The predicted molar refractivity (Wildman–Crippen MR) is 103 cm³/mol. The smallest absolute Gasteiger partial charge is 0.253 e. The summed E-state index contributed by atoms with van der Waals surface area (Å²) in [4.78, 5) is 23.3. The van der Waals surface area contributed by atoms with E-state index in [1.807, 2.05) is 0 Å². The lowest BCUT2D eigenvalue weighted by Gasteiger charge is -2.42. The molecule has 0 aromatic heterocycles. The number of likely N-dealkylation sites (tertiary alicyclic amines) is 1. The van der Waals surface area contributed by atoms with Crippen LogP contribution in [0.25, 0.3) is 0 Å². The molecule has 1 N–H and O–H groups in total. The van der Waals surface area contributed by atoms with E-state index < -0.39 is 27.5 Å². The van der Waals surface area contributed by atoms with Crippen molar-refractivity contribution in [2.45, 2.75) is 22.1 Å². The maximum absolute atomic E-state index is 13.0. The fourth-order valence-electron chi connectivity index (χ4n) is 3.66. The van der Waals surface area contributed by atoms with Crippen LogP contribution in [0, 0.1) is 0 Å². The molecule has 3 unspecified atom stereocenters. The van der Waals surface area contributed by atoms with Crippen molar-refractivity contribution in [2.24, 2.45) is 0 Å². The number of phenols is 1. The molecule has 3 rings (SSSR count). The van der Waals surface area contributed by atoms with Crippen LogP contribution in [0.1, 0.15) is 17.9 Å². The van der Waals surface area contributed by atoms with Crippen LogP contribution in [0.4, 0.5) is 0 Å². The van der Waals surface area contributed by atoms with Crippen LogP contribution in [0.15, 0.2) is 40.9 Å². The zero-order valence-electron chi connectivity index (χ0n) is 14.1. The molecule has 1 heterocycles. The third-order valence-electron chi connectivity index (χ3n) is 5.03. The summed E-state index contributed by atoms with van der Waals surface area (Å²) in [5.41, 5.74) is 1.24. The zero-order valence-corrected chi connectivity index (χ0v) is 17.2. The number of rotatable bonds is 3. The van der Waals surface area contributed by atoms with Crippen LogP contribution >= 0.6 is 39.1 Å². The lowest BCUT2D eigenvalue weighted by atomic mass is 9.68. The Bertz CT molecular complexity index is 871. The first-order valence-corrected chi connectivity index (χ1v) is 9.27. The van der Waals surface area contributed by atoms with Crippen LogP contribution in [0.5, 0.6) is 11.5 Å². The van der Waals surface area contributed by atoms with E-state index in [0.717, 1.165) is 4.90 Å². The molecule has 8 heteroatoms. The quantitative estimate of drug-likeness (QED) is 0.551. The number of amides is 2. The highest BCUT2D eigenvalue weighted by Crippen LogP contribution is 2.59. The van der Waals surface area contributed by atoms with Gasteiger partial charge < -0.3 is 9.84 Å². The topological polar surface area (TPSA) is 66.8 Å². The summed E-state index contributed by atoms with van der Waals surface area (Å²) in [5.74, 6) is -1.73. The van der Waals surface area contributed by atoms with Crippen molar-refractivity contribution in [3.63, 3.8) is 0 Å². The molecule has 2 amide bonds. The van der Waals surface area contributed by atoms with Crippen molar-refractivity contribution in [3.8, 4) is 11.5 Å². The predicted octanol–water partition coefficient (Wildman–Crippen LogP) is 3.72. The molecule has 5 nitrogen and oxygen atoms in total. The number of halogens is 3. The van der Waals surface area contributed by atoms with Gasteiger partial charge in [0.05, 0.1) is 11.6 Å². The molecule has 138 valence electrons. The summed E-state index contributed by atoms with van der Waals surface area (Å²) >= 11 is 16.8. The molecule has 0 spiro atoms. The molecule has 0 radical (unpaired) electrons. The number of hydrogen-bond acceptors (Lipinski definition) is 4. The number of alkyl halides is 2. The van der Waals surface area contributed by atoms with Gasteiger partial charge in [0.1, 0.15) is 0 Å². The van der Waals surface area contributed by atoms with Crippen LogP contribution in [0.2, 0.25) is 0 Å². The molecule has 0 bridgehead atoms. The average Bonchev–Trinajstić information content (AvgIpc) is 2.75. The molecule has 1 aromatic carbocycles. The largest absolute Gasteiger partial charge is 0.503 e. The van der Waals surface area contributed by atoms with E-state index in [9.17, 15) is 14.7 Å². The minimum Gasteiger partial charge on any atom is -0.503 e. The highest BCUT2D eigenvalue weighted by Gasteiger charge is 2.72. The Balaban J connectivity index is 2.30. The normalized spacial score (nSPS) is 30.9. The molecule has 1 aliphatic heterocycles. The molecule has 1 saturated heterocycles. The van der Waals surface area contributed by atoms with Crippen molar-refractivity contribution in [3.05, 3.63) is 46.5 Å². The van der Waals surface area contributed by atoms with Crippen LogP contribution in [0.3, 0.4) is 0 Å². The van der Waals surface area contributed by atoms with Gasteiger partial charge in [-0.25, -0.2) is 0 Å². The van der Waals surface area contributed by atoms with Crippen LogP contribution in [-0.2, 0) is 9.59 Å². The van der Waals surface area contributed by atoms with Gasteiger partial charge in [0, 0.05) is 13.0 Å². The summed E-state index contributed by atoms with van der Waals surface area (Å²) in [6.07, 6.45) is 3.47. The Hall–Kier alpha value is -1.50. The van der Waals surface area contributed by atoms with E-state index in [1.165, 1.54) is 14.2 Å². The van der Waals surface area contributed by atoms with Gasteiger partial charge in [0.15, 0.2) is 21.2 Å². The summed E-state index contributed by atoms with van der Waals surface area (Å²) in [7, 11) is 2.78. The molecular formula is C18H16BrCl2NO4. The number of phenolic OH excluding ortho intramolecular Hbond substituents is 1. The summed E-state index contributed by atoms with van der Waals surface area (Å²) < 4.78 is 5.57. The first kappa shape index (κ1) is 19.3. The Morgan fingerprint density at radius 2 is 2.04 bits per heavy atom. The second kappa shape index (κ2) is 6.29. The van der Waals surface area contributed by atoms with E-state index in [0.29, 0.717) is 15.6 Å². The molecule has 1 aromatic rings. The molecule has 26 heavy (non-hydrogen) atoms. The molecule has 1 fully saturated rings. The number of methoxy groups -OCH3 is 1. The highest BCUT2D eigenvalue weighted by molar-refractivity contribution is 9.10. The van der Waals surface area contributed by atoms with Crippen molar-refractivity contribution < 1.29 is 19.4 Å². The Morgan fingerprint density at radius 3 is 2.62 bits per heavy atom. The zero-order chi connectivity index (χ0) is 19.4. The van der Waals surface area contributed by atoms with Crippen molar-refractivity contribution in [1.82, 2.24) is 4.90 Å². The number of hydrogen-bond donors (Lipinski definition) is 1. The Morgan fingerprint density at radius 1 is 1.38 bits per heavy atom. The number of ether oxygens (including phenoxy) is 1. The molecule has 1 aliphatic carbocycles. The second-order valence-corrected chi connectivity index (χ2v) is 8.38. The van der Waals surface area contributed by atoms with E-state index in [2.05, 4.69) is 22.5 Å². The van der Waals surface area contributed by atoms with Gasteiger partial charge in [-0.2, -0.15) is 0 Å². The number of fused-ring (bicyclic) bond motifs is 1. The van der Waals surface area contributed by atoms with Crippen molar-refractivity contribution in [2.75, 3.05) is 14.2 Å². The highest BCUT2D eigenvalue weighted by atomic mass is 79.9. The molecular weight excluding hydrogens is 445 g/mol. The monoisotopic (exact) mass is 459 g/mol.